The molecule has 42 heavy (non-hydrogen) atoms. The molecule has 0 fully saturated rings. The SMILES string of the molecule is C=C/C=C\C1=C(C=C)O/C(=C/C)C2=C(C=C)Oc3cc4c(cc3B12)B1C(/C=C\C)=C(C=C)O/C(=C/C=C)C1=C(C=C)O4. The van der Waals surface area contributed by atoms with Crippen LogP contribution in [-0.4, -0.2) is 13.4 Å². The first-order chi connectivity index (χ1) is 20.5. The van der Waals surface area contributed by atoms with E-state index >= 15 is 0 Å². The van der Waals surface area contributed by atoms with Crippen LogP contribution in [0, 0.1) is 0 Å². The largest absolute Gasteiger partial charge is 0.459 e. The molecular weight excluding hydrogens is 518 g/mol. The van der Waals surface area contributed by atoms with Crippen LogP contribution in [0.4, 0.5) is 0 Å². The van der Waals surface area contributed by atoms with Crippen molar-refractivity contribution in [1.82, 2.24) is 0 Å². The minimum Gasteiger partial charge on any atom is -0.459 e. The van der Waals surface area contributed by atoms with E-state index in [0.717, 1.165) is 32.8 Å². The van der Waals surface area contributed by atoms with E-state index < -0.39 is 0 Å². The van der Waals surface area contributed by atoms with Crippen molar-refractivity contribution in [3.05, 3.63) is 181 Å². The average Bonchev–Trinajstić information content (AvgIpc) is 3.02. The second-order valence-corrected chi connectivity index (χ2v) is 9.73. The highest BCUT2D eigenvalue weighted by Crippen LogP contribution is 2.42. The zero-order valence-electron chi connectivity index (χ0n) is 24.1. The predicted molar refractivity (Wildman–Crippen MR) is 176 cm³/mol. The standard InChI is InChI=1S/C36H32B2O4/c1-9-17-20-24-28(13-5)39-29(14-6)35-30(15-7)41-34-22-33-25(21-26(34)38(24)35)37-23(18-10-2)27(12-4)40-32(19-11-3)36(37)31(16-8)42-33/h9-22H,1,3-5,7-8H2,2,6H3/b18-10-,20-17-,29-14+,32-19+. The molecule has 4 heterocycles. The second-order valence-electron chi connectivity index (χ2n) is 9.73. The van der Waals surface area contributed by atoms with Crippen LogP contribution >= 0.6 is 0 Å². The molecule has 0 radical (unpaired) electrons. The molecule has 4 aliphatic rings. The lowest BCUT2D eigenvalue weighted by molar-refractivity contribution is 0.320. The molecule has 0 N–H and O–H groups in total. The summed E-state index contributed by atoms with van der Waals surface area (Å²) in [6.45, 7) is 27.4. The molecule has 206 valence electrons. The van der Waals surface area contributed by atoms with Gasteiger partial charge in [0.2, 0.25) is 0 Å². The van der Waals surface area contributed by atoms with E-state index in [2.05, 4.69) is 51.6 Å². The van der Waals surface area contributed by atoms with Crippen LogP contribution in [0.3, 0.4) is 0 Å². The molecule has 0 saturated carbocycles. The Labute approximate surface area is 249 Å². The Morgan fingerprint density at radius 2 is 1.12 bits per heavy atom. The van der Waals surface area contributed by atoms with Crippen LogP contribution in [-0.2, 0) is 9.47 Å². The second kappa shape index (κ2) is 11.8. The van der Waals surface area contributed by atoms with Crippen molar-refractivity contribution in [2.75, 3.05) is 0 Å². The average molecular weight is 550 g/mol. The Bertz CT molecular complexity index is 1700. The van der Waals surface area contributed by atoms with Gasteiger partial charge in [-0.2, -0.15) is 0 Å². The highest BCUT2D eigenvalue weighted by molar-refractivity contribution is 6.91. The molecule has 0 atom stereocenters. The zero-order valence-corrected chi connectivity index (χ0v) is 24.1. The number of hydrogen-bond acceptors (Lipinski definition) is 4. The van der Waals surface area contributed by atoms with E-state index in [1.54, 1.807) is 36.5 Å². The molecular formula is C36H32B2O4. The lowest BCUT2D eigenvalue weighted by atomic mass is 9.30. The maximum Gasteiger partial charge on any atom is 0.260 e. The topological polar surface area (TPSA) is 36.9 Å². The third kappa shape index (κ3) is 4.46. The molecule has 0 aliphatic carbocycles. The van der Waals surface area contributed by atoms with Gasteiger partial charge in [-0.05, 0) is 72.2 Å². The number of hydrogen-bond donors (Lipinski definition) is 0. The first-order valence-electron chi connectivity index (χ1n) is 13.8. The maximum absolute atomic E-state index is 6.49. The van der Waals surface area contributed by atoms with Crippen LogP contribution < -0.4 is 20.4 Å². The number of rotatable bonds is 8. The van der Waals surface area contributed by atoms with Gasteiger partial charge in [0, 0.05) is 17.0 Å². The third-order valence-corrected chi connectivity index (χ3v) is 7.51. The number of ether oxygens (including phenoxy) is 4. The fraction of sp³-hybridized carbons (Fsp3) is 0.0556. The fourth-order valence-electron chi connectivity index (χ4n) is 5.86. The molecule has 0 amide bonds. The van der Waals surface area contributed by atoms with Crippen molar-refractivity contribution in [3.63, 3.8) is 0 Å². The molecule has 4 aliphatic heterocycles. The highest BCUT2D eigenvalue weighted by atomic mass is 16.5. The summed E-state index contributed by atoms with van der Waals surface area (Å²) in [6, 6.07) is 4.12. The molecule has 0 aromatic heterocycles. The van der Waals surface area contributed by atoms with Crippen molar-refractivity contribution in [2.24, 2.45) is 0 Å². The van der Waals surface area contributed by atoms with Gasteiger partial charge in [0.25, 0.3) is 13.4 Å². The molecule has 5 rings (SSSR count). The Morgan fingerprint density at radius 1 is 0.595 bits per heavy atom. The van der Waals surface area contributed by atoms with Crippen LogP contribution in [0.1, 0.15) is 13.8 Å². The van der Waals surface area contributed by atoms with E-state index in [1.165, 1.54) is 0 Å². The van der Waals surface area contributed by atoms with Gasteiger partial charge in [0.1, 0.15) is 46.1 Å². The zero-order chi connectivity index (χ0) is 30.0. The molecule has 4 nitrogen and oxygen atoms in total. The molecule has 0 bridgehead atoms. The first-order valence-corrected chi connectivity index (χ1v) is 13.8. The van der Waals surface area contributed by atoms with Crippen LogP contribution in [0.15, 0.2) is 181 Å². The van der Waals surface area contributed by atoms with E-state index in [9.17, 15) is 0 Å². The number of fused-ring (bicyclic) bond motifs is 6. The van der Waals surface area contributed by atoms with Crippen molar-refractivity contribution in [1.29, 1.82) is 0 Å². The summed E-state index contributed by atoms with van der Waals surface area (Å²) < 4.78 is 25.6. The summed E-state index contributed by atoms with van der Waals surface area (Å²) in [6.07, 6.45) is 22.1. The molecule has 0 unspecified atom stereocenters. The summed E-state index contributed by atoms with van der Waals surface area (Å²) in [7, 11) is 0. The smallest absolute Gasteiger partial charge is 0.260 e. The van der Waals surface area contributed by atoms with Gasteiger partial charge in [-0.3, -0.25) is 0 Å². The molecule has 0 spiro atoms. The third-order valence-electron chi connectivity index (χ3n) is 7.51. The molecule has 0 saturated heterocycles. The number of benzene rings is 1. The quantitative estimate of drug-likeness (QED) is 0.255. The Morgan fingerprint density at radius 3 is 1.60 bits per heavy atom. The Balaban J connectivity index is 1.86. The van der Waals surface area contributed by atoms with Crippen molar-refractivity contribution >= 4 is 24.4 Å². The van der Waals surface area contributed by atoms with E-state index in [1.807, 2.05) is 50.3 Å². The molecule has 1 aromatic carbocycles. The number of allylic oxidation sites excluding steroid dienone is 16. The normalized spacial score (nSPS) is 19.5. The van der Waals surface area contributed by atoms with Crippen LogP contribution in [0.2, 0.25) is 0 Å². The van der Waals surface area contributed by atoms with Crippen molar-refractivity contribution < 1.29 is 18.9 Å². The van der Waals surface area contributed by atoms with Crippen molar-refractivity contribution in [3.8, 4) is 11.5 Å². The maximum atomic E-state index is 6.49. The lowest BCUT2D eigenvalue weighted by Crippen LogP contribution is -2.49. The van der Waals surface area contributed by atoms with E-state index in [4.69, 9.17) is 18.9 Å². The summed E-state index contributed by atoms with van der Waals surface area (Å²) in [5.41, 5.74) is 5.58. The van der Waals surface area contributed by atoms with Gasteiger partial charge in [0.15, 0.2) is 0 Å². The van der Waals surface area contributed by atoms with Gasteiger partial charge in [-0.1, -0.05) is 82.0 Å². The molecule has 1 aromatic rings. The monoisotopic (exact) mass is 550 g/mol. The minimum atomic E-state index is -0.222. The Hall–Kier alpha value is -5.09. The van der Waals surface area contributed by atoms with Gasteiger partial charge in [-0.15, -0.1) is 0 Å². The summed E-state index contributed by atoms with van der Waals surface area (Å²) in [5.74, 6) is 5.23. The summed E-state index contributed by atoms with van der Waals surface area (Å²) >= 11 is 0. The highest BCUT2D eigenvalue weighted by Gasteiger charge is 2.46. The first kappa shape index (κ1) is 28.4. The van der Waals surface area contributed by atoms with Gasteiger partial charge < -0.3 is 18.9 Å². The summed E-state index contributed by atoms with van der Waals surface area (Å²) in [5, 5.41) is 0. The minimum absolute atomic E-state index is 0.222. The van der Waals surface area contributed by atoms with Gasteiger partial charge in [0.05, 0.1) is 0 Å². The lowest BCUT2D eigenvalue weighted by Gasteiger charge is -2.37. The summed E-state index contributed by atoms with van der Waals surface area (Å²) in [4.78, 5) is 0. The Kier molecular flexibility index (Phi) is 7.99. The van der Waals surface area contributed by atoms with Crippen LogP contribution in [0.25, 0.3) is 0 Å². The van der Waals surface area contributed by atoms with E-state index in [-0.39, 0.29) is 13.4 Å². The van der Waals surface area contributed by atoms with Gasteiger partial charge >= 0.3 is 0 Å². The van der Waals surface area contributed by atoms with E-state index in [0.29, 0.717) is 46.1 Å². The van der Waals surface area contributed by atoms with Crippen molar-refractivity contribution in [2.45, 2.75) is 13.8 Å². The molecule has 6 heteroatoms. The predicted octanol–water partition coefficient (Wildman–Crippen LogP) is 7.14. The fourth-order valence-corrected chi connectivity index (χ4v) is 5.86. The van der Waals surface area contributed by atoms with Crippen LogP contribution in [0.5, 0.6) is 11.5 Å². The van der Waals surface area contributed by atoms with Gasteiger partial charge in [-0.25, -0.2) is 0 Å².